The van der Waals surface area contributed by atoms with Crippen LogP contribution < -0.4 is 5.32 Å². The van der Waals surface area contributed by atoms with Crippen molar-refractivity contribution >= 4 is 11.8 Å². The Labute approximate surface area is 96.1 Å². The molecule has 0 spiro atoms. The smallest absolute Gasteiger partial charge is 0.0917 e. The fourth-order valence-electron chi connectivity index (χ4n) is 1.62. The first-order valence-corrected chi connectivity index (χ1v) is 6.30. The number of rotatable bonds is 4. The zero-order chi connectivity index (χ0) is 11.4. The van der Waals surface area contributed by atoms with Crippen molar-refractivity contribution in [2.75, 3.05) is 19.8 Å². The Bertz CT molecular complexity index is 339. The van der Waals surface area contributed by atoms with Crippen LogP contribution in [0.1, 0.15) is 22.8 Å². The van der Waals surface area contributed by atoms with Crippen molar-refractivity contribution in [1.82, 2.24) is 5.32 Å². The number of aliphatic hydroxyl groups is 1. The summed E-state index contributed by atoms with van der Waals surface area (Å²) >= 11 is 1.71. The van der Waals surface area contributed by atoms with Gasteiger partial charge in [-0.15, -0.1) is 11.8 Å². The molecule has 0 bridgehead atoms. The van der Waals surface area contributed by atoms with Crippen LogP contribution in [-0.4, -0.2) is 25.0 Å². The Hall–Kier alpha value is -0.510. The minimum atomic E-state index is -0.416. The van der Waals surface area contributed by atoms with Crippen LogP contribution in [0.25, 0.3) is 0 Å². The molecule has 3 heteroatoms. The van der Waals surface area contributed by atoms with Crippen LogP contribution in [-0.2, 0) is 0 Å². The van der Waals surface area contributed by atoms with Crippen LogP contribution in [0.15, 0.2) is 17.0 Å². The van der Waals surface area contributed by atoms with Crippen molar-refractivity contribution in [2.45, 2.75) is 24.8 Å². The second-order valence-corrected chi connectivity index (χ2v) is 4.61. The van der Waals surface area contributed by atoms with Gasteiger partial charge in [-0.25, -0.2) is 0 Å². The van der Waals surface area contributed by atoms with Gasteiger partial charge in [0.15, 0.2) is 0 Å². The van der Waals surface area contributed by atoms with Gasteiger partial charge in [-0.05, 0) is 56.0 Å². The molecule has 0 saturated heterocycles. The lowest BCUT2D eigenvalue weighted by Crippen LogP contribution is -2.17. The molecule has 0 heterocycles. The van der Waals surface area contributed by atoms with E-state index in [4.69, 9.17) is 0 Å². The molecular formula is C12H19NOS. The van der Waals surface area contributed by atoms with Crippen molar-refractivity contribution in [2.24, 2.45) is 0 Å². The monoisotopic (exact) mass is 225 g/mol. The quantitative estimate of drug-likeness (QED) is 0.771. The minimum Gasteiger partial charge on any atom is -0.387 e. The summed E-state index contributed by atoms with van der Waals surface area (Å²) in [6.07, 6.45) is 1.64. The number of benzene rings is 1. The number of thioether (sulfide) groups is 1. The van der Waals surface area contributed by atoms with Crippen LogP contribution in [0, 0.1) is 13.8 Å². The number of aliphatic hydroxyl groups excluding tert-OH is 1. The number of likely N-dealkylation sites (N-methyl/N-ethyl adjacent to an activating group) is 1. The van der Waals surface area contributed by atoms with E-state index in [2.05, 4.69) is 37.6 Å². The van der Waals surface area contributed by atoms with E-state index >= 15 is 0 Å². The lowest BCUT2D eigenvalue weighted by atomic mass is 9.99. The third-order valence-electron chi connectivity index (χ3n) is 2.67. The van der Waals surface area contributed by atoms with E-state index in [9.17, 15) is 5.11 Å². The average Bonchev–Trinajstić information content (AvgIpc) is 2.22. The van der Waals surface area contributed by atoms with Gasteiger partial charge >= 0.3 is 0 Å². The van der Waals surface area contributed by atoms with E-state index < -0.39 is 6.10 Å². The molecular weight excluding hydrogens is 206 g/mol. The van der Waals surface area contributed by atoms with Crippen molar-refractivity contribution in [3.63, 3.8) is 0 Å². The normalized spacial score (nSPS) is 12.9. The highest BCUT2D eigenvalue weighted by Gasteiger charge is 2.12. The van der Waals surface area contributed by atoms with E-state index in [0.717, 1.165) is 5.56 Å². The zero-order valence-corrected chi connectivity index (χ0v) is 10.6. The molecule has 0 aliphatic rings. The predicted molar refractivity (Wildman–Crippen MR) is 66.6 cm³/mol. The van der Waals surface area contributed by atoms with Gasteiger partial charge in [0.05, 0.1) is 6.10 Å². The van der Waals surface area contributed by atoms with Gasteiger partial charge in [0, 0.05) is 11.4 Å². The van der Waals surface area contributed by atoms with Crippen molar-refractivity contribution in [3.8, 4) is 0 Å². The molecule has 0 fully saturated rings. The maximum Gasteiger partial charge on any atom is 0.0917 e. The van der Waals surface area contributed by atoms with Crippen LogP contribution >= 0.6 is 11.8 Å². The Balaban J connectivity index is 3.09. The number of aryl methyl sites for hydroxylation is 1. The van der Waals surface area contributed by atoms with Gasteiger partial charge in [0.2, 0.25) is 0 Å². The highest BCUT2D eigenvalue weighted by atomic mass is 32.2. The summed E-state index contributed by atoms with van der Waals surface area (Å²) in [5.74, 6) is 0. The molecule has 2 N–H and O–H groups in total. The fraction of sp³-hybridized carbons (Fsp3) is 0.500. The lowest BCUT2D eigenvalue weighted by molar-refractivity contribution is 0.176. The van der Waals surface area contributed by atoms with Gasteiger partial charge in [-0.2, -0.15) is 0 Å². The van der Waals surface area contributed by atoms with E-state index in [1.807, 2.05) is 7.05 Å². The molecule has 1 aromatic rings. The zero-order valence-electron chi connectivity index (χ0n) is 9.79. The van der Waals surface area contributed by atoms with Gasteiger partial charge in [0.25, 0.3) is 0 Å². The molecule has 84 valence electrons. The number of hydrogen-bond acceptors (Lipinski definition) is 3. The van der Waals surface area contributed by atoms with Crippen molar-refractivity contribution < 1.29 is 5.11 Å². The first-order valence-electron chi connectivity index (χ1n) is 5.08. The molecule has 0 aliphatic heterocycles. The largest absolute Gasteiger partial charge is 0.387 e. The summed E-state index contributed by atoms with van der Waals surface area (Å²) in [6.45, 7) is 4.75. The summed E-state index contributed by atoms with van der Waals surface area (Å²) < 4.78 is 0. The second kappa shape index (κ2) is 5.54. The van der Waals surface area contributed by atoms with Gasteiger partial charge in [-0.3, -0.25) is 0 Å². The summed E-state index contributed by atoms with van der Waals surface area (Å²) in [5, 5.41) is 13.0. The van der Waals surface area contributed by atoms with Crippen LogP contribution in [0.2, 0.25) is 0 Å². The third-order valence-corrected chi connectivity index (χ3v) is 3.38. The molecule has 2 nitrogen and oxygen atoms in total. The SMILES string of the molecule is CNCC(O)c1cc(SC)cc(C)c1C. The van der Waals surface area contributed by atoms with Gasteiger partial charge in [0.1, 0.15) is 0 Å². The van der Waals surface area contributed by atoms with Crippen LogP contribution in [0.5, 0.6) is 0 Å². The molecule has 1 rings (SSSR count). The predicted octanol–water partition coefficient (Wildman–Crippen LogP) is 2.28. The van der Waals surface area contributed by atoms with Gasteiger partial charge < -0.3 is 10.4 Å². The number of hydrogen-bond donors (Lipinski definition) is 2. The maximum absolute atomic E-state index is 9.97. The first kappa shape index (κ1) is 12.6. The topological polar surface area (TPSA) is 32.3 Å². The Kier molecular flexibility index (Phi) is 4.64. The molecule has 0 saturated carbocycles. The first-order chi connectivity index (χ1) is 7.10. The summed E-state index contributed by atoms with van der Waals surface area (Å²) in [4.78, 5) is 1.21. The minimum absolute atomic E-state index is 0.416. The molecule has 1 aromatic carbocycles. The van der Waals surface area contributed by atoms with E-state index in [1.165, 1.54) is 16.0 Å². The highest BCUT2D eigenvalue weighted by Crippen LogP contribution is 2.26. The Morgan fingerprint density at radius 1 is 1.40 bits per heavy atom. The van der Waals surface area contributed by atoms with Gasteiger partial charge in [-0.1, -0.05) is 0 Å². The maximum atomic E-state index is 9.97. The molecule has 0 aromatic heterocycles. The molecule has 0 aliphatic carbocycles. The van der Waals surface area contributed by atoms with E-state index in [0.29, 0.717) is 6.54 Å². The summed E-state index contributed by atoms with van der Waals surface area (Å²) in [6, 6.07) is 4.24. The van der Waals surface area contributed by atoms with Crippen LogP contribution in [0.3, 0.4) is 0 Å². The second-order valence-electron chi connectivity index (χ2n) is 3.73. The Morgan fingerprint density at radius 2 is 2.07 bits per heavy atom. The van der Waals surface area contributed by atoms with E-state index in [-0.39, 0.29) is 0 Å². The highest BCUT2D eigenvalue weighted by molar-refractivity contribution is 7.98. The average molecular weight is 225 g/mol. The number of nitrogens with one attached hydrogen (secondary N) is 1. The third kappa shape index (κ3) is 2.97. The van der Waals surface area contributed by atoms with Crippen LogP contribution in [0.4, 0.5) is 0 Å². The molecule has 0 amide bonds. The Morgan fingerprint density at radius 3 is 2.60 bits per heavy atom. The molecule has 15 heavy (non-hydrogen) atoms. The lowest BCUT2D eigenvalue weighted by Gasteiger charge is -2.16. The van der Waals surface area contributed by atoms with E-state index in [1.54, 1.807) is 11.8 Å². The standard InChI is InChI=1S/C12H19NOS/c1-8-5-10(15-4)6-11(9(8)2)12(14)7-13-3/h5-6,12-14H,7H2,1-4H3. The fourth-order valence-corrected chi connectivity index (χ4v) is 2.16. The molecule has 1 unspecified atom stereocenters. The summed E-state index contributed by atoms with van der Waals surface area (Å²) in [5.41, 5.74) is 3.47. The van der Waals surface area contributed by atoms with Crippen molar-refractivity contribution in [3.05, 3.63) is 28.8 Å². The molecule has 1 atom stereocenters. The van der Waals surface area contributed by atoms with Crippen molar-refractivity contribution in [1.29, 1.82) is 0 Å². The molecule has 0 radical (unpaired) electrons. The summed E-state index contributed by atoms with van der Waals surface area (Å²) in [7, 11) is 1.85.